The highest BCUT2D eigenvalue weighted by Gasteiger charge is 2.43. The van der Waals surface area contributed by atoms with E-state index in [1.165, 1.54) is 19.2 Å². The molecule has 2 fully saturated rings. The van der Waals surface area contributed by atoms with E-state index in [0.717, 1.165) is 41.9 Å². The lowest BCUT2D eigenvalue weighted by atomic mass is 9.84. The third kappa shape index (κ3) is 6.47. The van der Waals surface area contributed by atoms with Crippen LogP contribution in [0.4, 0.5) is 16.0 Å². The predicted molar refractivity (Wildman–Crippen MR) is 159 cm³/mol. The molecule has 3 heterocycles. The second kappa shape index (κ2) is 11.7. The number of piperidine rings is 1. The number of aromatic nitrogens is 3. The van der Waals surface area contributed by atoms with Crippen LogP contribution >= 0.6 is 0 Å². The van der Waals surface area contributed by atoms with E-state index in [0.29, 0.717) is 35.7 Å². The van der Waals surface area contributed by atoms with Crippen LogP contribution in [0.25, 0.3) is 11.5 Å². The molecule has 226 valence electrons. The molecule has 1 aromatic carbocycles. The Balaban J connectivity index is 1.55. The molecule has 5 atom stereocenters. The standard InChI is InChI=1S/C29H38FN7O4S/c1-18-13-21(18)16-37(4,17-26(38)31-2)25-15-20(14-24(33-25)36(3)42(5,39)40)28-34-35-29(41-28)27-23(7-6-12-32-27)19-8-10-22(30)11-9-19/h8-11,14-15,18,21,23,27,32H,6-7,12-13,16-17H2,1-5H3/p+1/t18-,21+,23-,27?,37?/m0/s1. The Kier molecular flexibility index (Phi) is 8.37. The molecule has 0 bridgehead atoms. The van der Waals surface area contributed by atoms with Crippen LogP contribution < -0.4 is 19.4 Å². The molecule has 0 radical (unpaired) electrons. The number of carbonyl (C=O) groups excluding carboxylic acids is 1. The predicted octanol–water partition coefficient (Wildman–Crippen LogP) is 3.21. The Morgan fingerprint density at radius 2 is 1.95 bits per heavy atom. The van der Waals surface area contributed by atoms with E-state index in [4.69, 9.17) is 9.40 Å². The highest BCUT2D eigenvalue weighted by Crippen LogP contribution is 2.42. The van der Waals surface area contributed by atoms with Gasteiger partial charge >= 0.3 is 0 Å². The summed E-state index contributed by atoms with van der Waals surface area (Å²) < 4.78 is 46.2. The van der Waals surface area contributed by atoms with E-state index in [1.54, 1.807) is 31.3 Å². The molecule has 1 aliphatic heterocycles. The van der Waals surface area contributed by atoms with Crippen LogP contribution in [0.2, 0.25) is 0 Å². The minimum Gasteiger partial charge on any atom is -0.419 e. The van der Waals surface area contributed by atoms with Gasteiger partial charge in [-0.3, -0.25) is 13.6 Å². The second-order valence-electron chi connectivity index (χ2n) is 11.9. The number of anilines is 1. The topological polar surface area (TPSA) is 130 Å². The van der Waals surface area contributed by atoms with Crippen molar-refractivity contribution >= 4 is 27.6 Å². The molecule has 42 heavy (non-hydrogen) atoms. The molecular formula is C29H39FN7O4S+. The largest absolute Gasteiger partial charge is 0.419 e. The normalized spacial score (nSPS) is 23.7. The molecule has 13 heteroatoms. The number of nitrogens with one attached hydrogen (secondary N) is 2. The fraction of sp³-hybridized carbons (Fsp3) is 0.517. The van der Waals surface area contributed by atoms with Crippen molar-refractivity contribution in [3.8, 4) is 11.5 Å². The maximum absolute atomic E-state index is 13.6. The van der Waals surface area contributed by atoms with Crippen molar-refractivity contribution in [3.05, 3.63) is 53.7 Å². The number of benzene rings is 1. The van der Waals surface area contributed by atoms with Gasteiger partial charge < -0.3 is 15.1 Å². The summed E-state index contributed by atoms with van der Waals surface area (Å²) in [5.41, 5.74) is 1.48. The summed E-state index contributed by atoms with van der Waals surface area (Å²) in [6.07, 6.45) is 4.00. The van der Waals surface area contributed by atoms with Crippen LogP contribution in [0.5, 0.6) is 0 Å². The molecule has 1 amide bonds. The molecule has 0 spiro atoms. The van der Waals surface area contributed by atoms with Crippen molar-refractivity contribution in [2.24, 2.45) is 11.8 Å². The van der Waals surface area contributed by atoms with Gasteiger partial charge in [0.15, 0.2) is 6.54 Å². The Morgan fingerprint density at radius 3 is 2.60 bits per heavy atom. The number of carbonyl (C=O) groups is 1. The van der Waals surface area contributed by atoms with Gasteiger partial charge in [-0.25, -0.2) is 12.8 Å². The number of quaternary nitrogens is 1. The fourth-order valence-corrected chi connectivity index (χ4v) is 6.17. The van der Waals surface area contributed by atoms with Gasteiger partial charge in [-0.2, -0.15) is 4.98 Å². The molecule has 1 saturated carbocycles. The smallest absolute Gasteiger partial charge is 0.275 e. The van der Waals surface area contributed by atoms with Gasteiger partial charge in [0.05, 0.1) is 31.5 Å². The zero-order chi connectivity index (χ0) is 30.2. The first-order valence-corrected chi connectivity index (χ1v) is 16.1. The van der Waals surface area contributed by atoms with E-state index in [-0.39, 0.29) is 46.4 Å². The molecule has 2 unspecified atom stereocenters. The lowest BCUT2D eigenvalue weighted by Crippen LogP contribution is -2.53. The lowest BCUT2D eigenvalue weighted by molar-refractivity contribution is -0.121. The average Bonchev–Trinajstić information content (AvgIpc) is 3.42. The molecule has 2 N–H and O–H groups in total. The third-order valence-electron chi connectivity index (χ3n) is 8.57. The third-order valence-corrected chi connectivity index (χ3v) is 9.75. The molecule has 5 rings (SSSR count). The molecule has 2 aliphatic rings. The Bertz CT molecular complexity index is 1550. The molecule has 2 aromatic heterocycles. The van der Waals surface area contributed by atoms with E-state index in [1.807, 2.05) is 7.05 Å². The summed E-state index contributed by atoms with van der Waals surface area (Å²) in [5.74, 6) is 1.88. The number of pyridine rings is 1. The van der Waals surface area contributed by atoms with E-state index < -0.39 is 10.0 Å². The number of sulfonamides is 1. The van der Waals surface area contributed by atoms with Gasteiger partial charge in [0.25, 0.3) is 5.91 Å². The van der Waals surface area contributed by atoms with E-state index >= 15 is 0 Å². The number of likely N-dealkylation sites (N-methyl/N-ethyl adjacent to an activating group) is 2. The van der Waals surface area contributed by atoms with Crippen molar-refractivity contribution in [3.63, 3.8) is 0 Å². The van der Waals surface area contributed by atoms with Crippen molar-refractivity contribution < 1.29 is 22.0 Å². The summed E-state index contributed by atoms with van der Waals surface area (Å²) in [5, 5.41) is 14.9. The van der Waals surface area contributed by atoms with E-state index in [9.17, 15) is 17.6 Å². The first-order chi connectivity index (χ1) is 19.9. The van der Waals surface area contributed by atoms with Crippen LogP contribution in [-0.2, 0) is 14.8 Å². The van der Waals surface area contributed by atoms with Crippen molar-refractivity contribution in [2.45, 2.75) is 38.1 Å². The fourth-order valence-electron chi connectivity index (χ4n) is 5.73. The van der Waals surface area contributed by atoms with Gasteiger partial charge in [0, 0.05) is 32.0 Å². The zero-order valence-corrected chi connectivity index (χ0v) is 25.5. The number of hydrogen-bond acceptors (Lipinski definition) is 8. The number of rotatable bonds is 10. The van der Waals surface area contributed by atoms with Gasteiger partial charge in [0.1, 0.15) is 11.6 Å². The van der Waals surface area contributed by atoms with Crippen LogP contribution in [0.1, 0.15) is 49.6 Å². The summed E-state index contributed by atoms with van der Waals surface area (Å²) in [7, 11) is 1.34. The highest BCUT2D eigenvalue weighted by atomic mass is 32.2. The van der Waals surface area contributed by atoms with Crippen LogP contribution in [0.3, 0.4) is 0 Å². The SMILES string of the molecule is CNC(=O)C[N+](C)(C[C@H]1C[C@@H]1C)c1cc(-c2nnc(C3NCCC[C@H]3c3ccc(F)cc3)o2)cc(N(C)S(C)(=O)=O)n1. The number of nitrogens with zero attached hydrogens (tertiary/aromatic N) is 5. The molecule has 3 aromatic rings. The minimum atomic E-state index is -3.64. The van der Waals surface area contributed by atoms with Crippen molar-refractivity contribution in [1.29, 1.82) is 0 Å². The Morgan fingerprint density at radius 1 is 1.24 bits per heavy atom. The van der Waals surface area contributed by atoms with E-state index in [2.05, 4.69) is 27.8 Å². The maximum Gasteiger partial charge on any atom is 0.275 e. The van der Waals surface area contributed by atoms with Crippen LogP contribution in [-0.4, -0.2) is 76.5 Å². The molecule has 11 nitrogen and oxygen atoms in total. The van der Waals surface area contributed by atoms with Crippen LogP contribution in [0, 0.1) is 17.7 Å². The van der Waals surface area contributed by atoms with Gasteiger partial charge in [-0.1, -0.05) is 19.1 Å². The Hall–Kier alpha value is -3.42. The quantitative estimate of drug-likeness (QED) is 0.340. The molecule has 1 saturated heterocycles. The number of hydrogen-bond donors (Lipinski definition) is 2. The molecular weight excluding hydrogens is 561 g/mol. The summed E-state index contributed by atoms with van der Waals surface area (Å²) in [6, 6.07) is 9.62. The van der Waals surface area contributed by atoms with Gasteiger partial charge in [-0.15, -0.1) is 10.2 Å². The van der Waals surface area contributed by atoms with Gasteiger partial charge in [-0.05, 0) is 55.5 Å². The summed E-state index contributed by atoms with van der Waals surface area (Å²) in [4.78, 5) is 17.4. The van der Waals surface area contributed by atoms with Crippen molar-refractivity contribution in [2.75, 3.05) is 51.3 Å². The average molecular weight is 601 g/mol. The second-order valence-corrected chi connectivity index (χ2v) is 13.9. The summed E-state index contributed by atoms with van der Waals surface area (Å²) >= 11 is 0. The molecule has 1 aliphatic carbocycles. The lowest BCUT2D eigenvalue weighted by Gasteiger charge is -2.33. The number of halogens is 1. The first kappa shape index (κ1) is 30.1. The van der Waals surface area contributed by atoms with Crippen molar-refractivity contribution in [1.82, 2.24) is 30.3 Å². The highest BCUT2D eigenvalue weighted by molar-refractivity contribution is 7.92. The van der Waals surface area contributed by atoms with Crippen LogP contribution in [0.15, 0.2) is 40.8 Å². The monoisotopic (exact) mass is 600 g/mol. The zero-order valence-electron chi connectivity index (χ0n) is 24.7. The first-order valence-electron chi connectivity index (χ1n) is 14.2. The minimum absolute atomic E-state index is 0.0145. The van der Waals surface area contributed by atoms with Gasteiger partial charge in [0.2, 0.25) is 27.6 Å². The maximum atomic E-state index is 13.6. The summed E-state index contributed by atoms with van der Waals surface area (Å²) in [6.45, 7) is 3.77. The number of amides is 1. The Labute approximate surface area is 246 Å².